The molecule has 0 bridgehead atoms. The first-order valence-electron chi connectivity index (χ1n) is 9.50. The van der Waals surface area contributed by atoms with Crippen molar-refractivity contribution in [1.82, 2.24) is 10.1 Å². The summed E-state index contributed by atoms with van der Waals surface area (Å²) < 4.78 is 31.7. The molecule has 1 saturated heterocycles. The third kappa shape index (κ3) is 4.66. The molecule has 1 fully saturated rings. The fraction of sp³-hybridized carbons (Fsp3) is 0.0455. The van der Waals surface area contributed by atoms with E-state index >= 15 is 0 Å². The fourth-order valence-electron chi connectivity index (χ4n) is 3.13. The summed E-state index contributed by atoms with van der Waals surface area (Å²) in [5.74, 6) is -1.20. The second-order valence-corrected chi connectivity index (χ2v) is 9.13. The molecule has 2 N–H and O–H groups in total. The molecule has 0 unspecified atom stereocenters. The van der Waals surface area contributed by atoms with Crippen LogP contribution in [-0.2, 0) is 24.4 Å². The first kappa shape index (κ1) is 22.3. The number of carbonyl (C=O) groups excluding carboxylic acids is 3. The van der Waals surface area contributed by atoms with Gasteiger partial charge in [0.1, 0.15) is 17.1 Å². The fourth-order valence-corrected chi connectivity index (χ4v) is 4.30. The Morgan fingerprint density at radius 1 is 1.09 bits per heavy atom. The third-order valence-electron chi connectivity index (χ3n) is 4.60. The Bertz CT molecular complexity index is 1410. The number of nitrogens with one attached hydrogen (secondary N) is 2. The van der Waals surface area contributed by atoms with Crippen molar-refractivity contribution in [2.45, 2.75) is 11.8 Å². The van der Waals surface area contributed by atoms with Crippen molar-refractivity contribution in [3.05, 3.63) is 77.0 Å². The van der Waals surface area contributed by atoms with Crippen molar-refractivity contribution in [1.29, 1.82) is 0 Å². The Hall–Kier alpha value is -3.89. The molecular formula is C22H16ClN3O6S. The standard InChI is InChI=1S/C22H16ClN3O6S/c1-13(27)25-33(30,31)18-8-5-14(6-9-18)20-10-7-17(32-20)12-19-21(28)24-26(22(19)29)16-4-2-3-15(23)11-16/h2-12H,1H3,(H,24,28)(H,25,27)/b19-12-. The van der Waals surface area contributed by atoms with Crippen LogP contribution in [0.1, 0.15) is 12.7 Å². The molecule has 2 aromatic carbocycles. The van der Waals surface area contributed by atoms with Gasteiger partial charge in [-0.05, 0) is 60.7 Å². The van der Waals surface area contributed by atoms with E-state index in [2.05, 4.69) is 5.43 Å². The summed E-state index contributed by atoms with van der Waals surface area (Å²) in [5.41, 5.74) is 3.34. The van der Waals surface area contributed by atoms with Gasteiger partial charge in [-0.2, -0.15) is 0 Å². The van der Waals surface area contributed by atoms with E-state index in [0.29, 0.717) is 22.0 Å². The highest BCUT2D eigenvalue weighted by molar-refractivity contribution is 7.90. The van der Waals surface area contributed by atoms with Gasteiger partial charge in [0.25, 0.3) is 21.8 Å². The summed E-state index contributed by atoms with van der Waals surface area (Å²) in [5, 5.41) is 1.51. The number of hydrogen-bond acceptors (Lipinski definition) is 6. The molecule has 2 heterocycles. The van der Waals surface area contributed by atoms with E-state index in [-0.39, 0.29) is 16.2 Å². The van der Waals surface area contributed by atoms with Crippen molar-refractivity contribution in [2.24, 2.45) is 0 Å². The molecule has 11 heteroatoms. The summed E-state index contributed by atoms with van der Waals surface area (Å²) >= 11 is 5.96. The normalized spacial score (nSPS) is 15.1. The lowest BCUT2D eigenvalue weighted by molar-refractivity contribution is -0.118. The highest BCUT2D eigenvalue weighted by Crippen LogP contribution is 2.27. The number of halogens is 1. The van der Waals surface area contributed by atoms with E-state index in [1.807, 2.05) is 4.72 Å². The maximum atomic E-state index is 12.7. The lowest BCUT2D eigenvalue weighted by Crippen LogP contribution is -2.35. The van der Waals surface area contributed by atoms with Crippen LogP contribution < -0.4 is 15.2 Å². The van der Waals surface area contributed by atoms with Crippen LogP contribution in [0.3, 0.4) is 0 Å². The van der Waals surface area contributed by atoms with E-state index in [4.69, 9.17) is 16.0 Å². The minimum atomic E-state index is -3.95. The molecule has 0 radical (unpaired) electrons. The summed E-state index contributed by atoms with van der Waals surface area (Å²) in [6, 6.07) is 15.4. The van der Waals surface area contributed by atoms with Crippen molar-refractivity contribution in [2.75, 3.05) is 5.01 Å². The Morgan fingerprint density at radius 3 is 2.48 bits per heavy atom. The van der Waals surface area contributed by atoms with Gasteiger partial charge < -0.3 is 4.42 Å². The van der Waals surface area contributed by atoms with Crippen LogP contribution in [0.25, 0.3) is 17.4 Å². The lowest BCUT2D eigenvalue weighted by atomic mass is 10.2. The number of nitrogens with zero attached hydrogens (tertiary/aromatic N) is 1. The average Bonchev–Trinajstić information content (AvgIpc) is 3.33. The van der Waals surface area contributed by atoms with E-state index < -0.39 is 27.7 Å². The molecule has 0 spiro atoms. The Kier molecular flexibility index (Phi) is 5.79. The molecule has 0 saturated carbocycles. The van der Waals surface area contributed by atoms with Crippen molar-refractivity contribution < 1.29 is 27.2 Å². The predicted octanol–water partition coefficient (Wildman–Crippen LogP) is 2.89. The summed E-state index contributed by atoms with van der Waals surface area (Å²) in [6.45, 7) is 1.11. The molecule has 1 aromatic heterocycles. The minimum absolute atomic E-state index is 0.0790. The number of carbonyl (C=O) groups is 3. The lowest BCUT2D eigenvalue weighted by Gasteiger charge is -2.14. The second-order valence-electron chi connectivity index (χ2n) is 7.01. The number of furan rings is 1. The van der Waals surface area contributed by atoms with Crippen LogP contribution in [0.15, 0.2) is 75.5 Å². The van der Waals surface area contributed by atoms with E-state index in [9.17, 15) is 22.8 Å². The highest BCUT2D eigenvalue weighted by atomic mass is 35.5. The molecule has 3 aromatic rings. The summed E-state index contributed by atoms with van der Waals surface area (Å²) in [4.78, 5) is 36.0. The van der Waals surface area contributed by atoms with Gasteiger partial charge >= 0.3 is 0 Å². The molecule has 1 aliphatic rings. The SMILES string of the molecule is CC(=O)NS(=O)(=O)c1ccc(-c2ccc(/C=C3/C(=O)NN(c4cccc(Cl)c4)C3=O)o2)cc1. The number of sulfonamides is 1. The molecule has 1 aliphatic heterocycles. The summed E-state index contributed by atoms with van der Waals surface area (Å²) in [6.07, 6.45) is 1.32. The zero-order chi connectivity index (χ0) is 23.8. The average molecular weight is 486 g/mol. The molecule has 168 valence electrons. The number of hydrazine groups is 1. The Morgan fingerprint density at radius 2 is 1.82 bits per heavy atom. The number of benzene rings is 2. The number of anilines is 1. The van der Waals surface area contributed by atoms with Gasteiger partial charge in [-0.3, -0.25) is 19.8 Å². The van der Waals surface area contributed by atoms with Crippen LogP contribution in [0, 0.1) is 0 Å². The van der Waals surface area contributed by atoms with Gasteiger partial charge in [-0.25, -0.2) is 18.1 Å². The number of amides is 3. The third-order valence-corrected chi connectivity index (χ3v) is 6.28. The largest absolute Gasteiger partial charge is 0.457 e. The van der Waals surface area contributed by atoms with Gasteiger partial charge in [-0.15, -0.1) is 0 Å². The molecule has 3 amide bonds. The number of hydrogen-bond donors (Lipinski definition) is 2. The zero-order valence-corrected chi connectivity index (χ0v) is 18.6. The van der Waals surface area contributed by atoms with Gasteiger partial charge in [0.15, 0.2) is 0 Å². The van der Waals surface area contributed by atoms with Crippen LogP contribution >= 0.6 is 11.6 Å². The number of rotatable bonds is 5. The van der Waals surface area contributed by atoms with E-state index in [1.165, 1.54) is 30.3 Å². The summed E-state index contributed by atoms with van der Waals surface area (Å²) in [7, 11) is -3.95. The molecule has 33 heavy (non-hydrogen) atoms. The van der Waals surface area contributed by atoms with Crippen LogP contribution in [-0.4, -0.2) is 26.1 Å². The molecule has 9 nitrogen and oxygen atoms in total. The minimum Gasteiger partial charge on any atom is -0.457 e. The van der Waals surface area contributed by atoms with Crippen molar-refractivity contribution in [3.8, 4) is 11.3 Å². The quantitative estimate of drug-likeness (QED) is 0.422. The predicted molar refractivity (Wildman–Crippen MR) is 120 cm³/mol. The Labute approximate surface area is 193 Å². The van der Waals surface area contributed by atoms with Crippen LogP contribution in [0.4, 0.5) is 5.69 Å². The van der Waals surface area contributed by atoms with Crippen molar-refractivity contribution >= 4 is 51.1 Å². The van der Waals surface area contributed by atoms with E-state index in [1.54, 1.807) is 36.4 Å². The van der Waals surface area contributed by atoms with Gasteiger partial charge in [0.05, 0.1) is 10.6 Å². The monoisotopic (exact) mass is 485 g/mol. The highest BCUT2D eigenvalue weighted by Gasteiger charge is 2.34. The second kappa shape index (κ2) is 8.57. The molecule has 0 aliphatic carbocycles. The topological polar surface area (TPSA) is 126 Å². The first-order valence-corrected chi connectivity index (χ1v) is 11.4. The smallest absolute Gasteiger partial charge is 0.282 e. The molecule has 0 atom stereocenters. The first-order chi connectivity index (χ1) is 15.6. The zero-order valence-electron chi connectivity index (χ0n) is 17.0. The van der Waals surface area contributed by atoms with Crippen molar-refractivity contribution in [3.63, 3.8) is 0 Å². The van der Waals surface area contributed by atoms with Gasteiger partial charge in [-0.1, -0.05) is 17.7 Å². The van der Waals surface area contributed by atoms with Crippen LogP contribution in [0.2, 0.25) is 5.02 Å². The van der Waals surface area contributed by atoms with Gasteiger partial charge in [0.2, 0.25) is 5.91 Å². The van der Waals surface area contributed by atoms with E-state index in [0.717, 1.165) is 11.9 Å². The molecule has 4 rings (SSSR count). The van der Waals surface area contributed by atoms with Gasteiger partial charge in [0, 0.05) is 17.5 Å². The Balaban J connectivity index is 1.56. The maximum Gasteiger partial charge on any atom is 0.282 e. The maximum absolute atomic E-state index is 12.7. The molecular weight excluding hydrogens is 470 g/mol. The van der Waals surface area contributed by atoms with Crippen LogP contribution in [0.5, 0.6) is 0 Å².